The number of carboxylic acid groups (broad SMARTS) is 1. The van der Waals surface area contributed by atoms with Crippen molar-refractivity contribution in [3.8, 4) is 11.5 Å². The van der Waals surface area contributed by atoms with Gasteiger partial charge in [-0.1, -0.05) is 0 Å². The van der Waals surface area contributed by atoms with Gasteiger partial charge >= 0.3 is 5.97 Å². The van der Waals surface area contributed by atoms with E-state index in [2.05, 4.69) is 0 Å². The Morgan fingerprint density at radius 1 is 1.40 bits per heavy atom. The van der Waals surface area contributed by atoms with E-state index in [1.165, 1.54) is 34.1 Å². The molecule has 0 aliphatic rings. The molecule has 1 atom stereocenters. The first-order valence-corrected chi connectivity index (χ1v) is 6.13. The van der Waals surface area contributed by atoms with Gasteiger partial charge in [0, 0.05) is 11.6 Å². The van der Waals surface area contributed by atoms with E-state index >= 15 is 0 Å². The van der Waals surface area contributed by atoms with Crippen molar-refractivity contribution in [3.63, 3.8) is 0 Å². The van der Waals surface area contributed by atoms with E-state index in [-0.39, 0.29) is 17.7 Å². The maximum atomic E-state index is 14.3. The maximum absolute atomic E-state index is 14.3. The van der Waals surface area contributed by atoms with Crippen molar-refractivity contribution in [1.82, 2.24) is 0 Å². The third-order valence-electron chi connectivity index (χ3n) is 2.96. The van der Waals surface area contributed by atoms with E-state index < -0.39 is 17.7 Å². The lowest BCUT2D eigenvalue weighted by atomic mass is 9.93. The second kappa shape index (κ2) is 6.09. The first kappa shape index (κ1) is 16.2. The molecule has 0 aromatic heterocycles. The summed E-state index contributed by atoms with van der Waals surface area (Å²) in [6.07, 6.45) is -0.248. The summed E-state index contributed by atoms with van der Waals surface area (Å²) in [5, 5.41) is 8.79. The topological polar surface area (TPSA) is 81.8 Å². The van der Waals surface area contributed by atoms with Gasteiger partial charge in [0.1, 0.15) is 5.67 Å². The minimum absolute atomic E-state index is 0.248. The molecule has 1 unspecified atom stereocenters. The van der Waals surface area contributed by atoms with Gasteiger partial charge < -0.3 is 20.3 Å². The summed E-state index contributed by atoms with van der Waals surface area (Å²) >= 11 is 0. The largest absolute Gasteiger partial charge is 0.493 e. The molecule has 3 N–H and O–H groups in total. The quantitative estimate of drug-likeness (QED) is 0.838. The zero-order valence-corrected chi connectivity index (χ0v) is 12.1. The van der Waals surface area contributed by atoms with Gasteiger partial charge in [-0.15, -0.1) is 0 Å². The Bertz CT molecular complexity index is 497. The highest BCUT2D eigenvalue weighted by molar-refractivity contribution is 5.68. The van der Waals surface area contributed by atoms with Crippen LogP contribution < -0.4 is 15.2 Å². The molecule has 1 aromatic carbocycles. The van der Waals surface area contributed by atoms with Crippen LogP contribution in [0.2, 0.25) is 0 Å². The summed E-state index contributed by atoms with van der Waals surface area (Å²) in [6, 6.07) is 2.35. The van der Waals surface area contributed by atoms with Gasteiger partial charge in [-0.05, 0) is 31.5 Å². The lowest BCUT2D eigenvalue weighted by Crippen LogP contribution is -2.18. The van der Waals surface area contributed by atoms with Crippen molar-refractivity contribution in [1.29, 1.82) is 0 Å². The maximum Gasteiger partial charge on any atom is 0.305 e. The van der Waals surface area contributed by atoms with Crippen LogP contribution in [-0.4, -0.2) is 25.3 Å². The number of hydrogen-bond acceptors (Lipinski definition) is 4. The van der Waals surface area contributed by atoms with Crippen LogP contribution in [0.1, 0.15) is 37.4 Å². The Kier molecular flexibility index (Phi) is 4.94. The van der Waals surface area contributed by atoms with Crippen molar-refractivity contribution in [2.75, 3.05) is 14.2 Å². The summed E-state index contributed by atoms with van der Waals surface area (Å²) in [6.45, 7) is 2.77. The van der Waals surface area contributed by atoms with Crippen LogP contribution in [0, 0.1) is 0 Å². The van der Waals surface area contributed by atoms with Crippen molar-refractivity contribution in [3.05, 3.63) is 23.3 Å². The fraction of sp³-hybridized carbons (Fsp3) is 0.500. The normalized spacial score (nSPS) is 12.9. The first-order chi connectivity index (χ1) is 9.20. The van der Waals surface area contributed by atoms with Crippen LogP contribution in [-0.2, 0) is 10.5 Å². The highest BCUT2D eigenvalue weighted by Gasteiger charge is 2.28. The Balaban J connectivity index is 3.39. The zero-order chi connectivity index (χ0) is 15.5. The molecule has 0 fully saturated rings. The molecule has 5 nitrogen and oxygen atoms in total. The van der Waals surface area contributed by atoms with Gasteiger partial charge in [-0.25, -0.2) is 4.39 Å². The standard InChI is InChI=1S/C14H20FNO4/c1-14(2,15)9-5-8(10(16)7-12(17)18)6-11(19-3)13(9)20-4/h5-6,10H,7,16H2,1-4H3,(H,17,18). The molecular weight excluding hydrogens is 265 g/mol. The summed E-state index contributed by atoms with van der Waals surface area (Å²) < 4.78 is 24.7. The molecular formula is C14H20FNO4. The van der Waals surface area contributed by atoms with E-state index in [9.17, 15) is 9.18 Å². The number of ether oxygens (including phenoxy) is 2. The summed E-state index contributed by atoms with van der Waals surface area (Å²) in [4.78, 5) is 10.7. The lowest BCUT2D eigenvalue weighted by molar-refractivity contribution is -0.137. The fourth-order valence-electron chi connectivity index (χ4n) is 1.95. The first-order valence-electron chi connectivity index (χ1n) is 6.13. The van der Waals surface area contributed by atoms with Gasteiger partial charge in [0.25, 0.3) is 0 Å². The third-order valence-corrected chi connectivity index (χ3v) is 2.96. The number of benzene rings is 1. The van der Waals surface area contributed by atoms with Crippen LogP contribution in [0.4, 0.5) is 4.39 Å². The average molecular weight is 285 g/mol. The number of methoxy groups -OCH3 is 2. The molecule has 1 aromatic rings. The molecule has 0 saturated heterocycles. The van der Waals surface area contributed by atoms with Crippen LogP contribution in [0.5, 0.6) is 11.5 Å². The smallest absolute Gasteiger partial charge is 0.305 e. The Morgan fingerprint density at radius 3 is 2.40 bits per heavy atom. The van der Waals surface area contributed by atoms with Gasteiger partial charge in [0.05, 0.1) is 20.6 Å². The average Bonchev–Trinajstić information content (AvgIpc) is 2.34. The highest BCUT2D eigenvalue weighted by atomic mass is 19.1. The number of rotatable bonds is 6. The third kappa shape index (κ3) is 3.60. The number of carboxylic acids is 1. The minimum Gasteiger partial charge on any atom is -0.493 e. The molecule has 1 rings (SSSR count). The van der Waals surface area contributed by atoms with Gasteiger partial charge in [0.15, 0.2) is 11.5 Å². The summed E-state index contributed by atoms with van der Waals surface area (Å²) in [5.41, 5.74) is 4.92. The Morgan fingerprint density at radius 2 is 2.00 bits per heavy atom. The number of carbonyl (C=O) groups is 1. The lowest BCUT2D eigenvalue weighted by Gasteiger charge is -2.23. The molecule has 0 aliphatic carbocycles. The van der Waals surface area contributed by atoms with E-state index in [0.29, 0.717) is 11.3 Å². The molecule has 6 heteroatoms. The highest BCUT2D eigenvalue weighted by Crippen LogP contribution is 2.41. The molecule has 0 heterocycles. The van der Waals surface area contributed by atoms with Gasteiger partial charge in [-0.2, -0.15) is 0 Å². The van der Waals surface area contributed by atoms with E-state index in [1.807, 2.05) is 0 Å². The Labute approximate surface area is 117 Å². The second-order valence-corrected chi connectivity index (χ2v) is 4.98. The predicted molar refractivity (Wildman–Crippen MR) is 72.9 cm³/mol. The fourth-order valence-corrected chi connectivity index (χ4v) is 1.95. The monoisotopic (exact) mass is 285 g/mol. The molecule has 0 radical (unpaired) electrons. The van der Waals surface area contributed by atoms with Crippen LogP contribution in [0.3, 0.4) is 0 Å². The van der Waals surface area contributed by atoms with Crippen molar-refractivity contribution >= 4 is 5.97 Å². The van der Waals surface area contributed by atoms with E-state index in [1.54, 1.807) is 6.07 Å². The molecule has 0 spiro atoms. The molecule has 112 valence electrons. The summed E-state index contributed by atoms with van der Waals surface area (Å²) in [7, 11) is 2.85. The van der Waals surface area contributed by atoms with E-state index in [0.717, 1.165) is 0 Å². The van der Waals surface area contributed by atoms with Crippen molar-refractivity contribution in [2.45, 2.75) is 32.0 Å². The SMILES string of the molecule is COc1cc(C(N)CC(=O)O)cc(C(C)(C)F)c1OC. The number of nitrogens with two attached hydrogens (primary N) is 1. The van der Waals surface area contributed by atoms with E-state index in [4.69, 9.17) is 20.3 Å². The predicted octanol–water partition coefficient (Wildman–Crippen LogP) is 2.38. The number of halogens is 1. The molecule has 0 amide bonds. The molecule has 20 heavy (non-hydrogen) atoms. The summed E-state index contributed by atoms with van der Waals surface area (Å²) in [5.74, 6) is -0.411. The number of hydrogen-bond donors (Lipinski definition) is 2. The molecule has 0 aliphatic heterocycles. The molecule has 0 bridgehead atoms. The number of alkyl halides is 1. The van der Waals surface area contributed by atoms with Crippen molar-refractivity contribution < 1.29 is 23.8 Å². The zero-order valence-electron chi connectivity index (χ0n) is 12.1. The second-order valence-electron chi connectivity index (χ2n) is 4.98. The minimum atomic E-state index is -1.67. The van der Waals surface area contributed by atoms with Gasteiger partial charge in [0.2, 0.25) is 0 Å². The molecule has 0 saturated carbocycles. The Hall–Kier alpha value is -1.82. The van der Waals surface area contributed by atoms with Gasteiger partial charge in [-0.3, -0.25) is 4.79 Å². The van der Waals surface area contributed by atoms with Crippen LogP contribution in [0.25, 0.3) is 0 Å². The number of aliphatic carboxylic acids is 1. The van der Waals surface area contributed by atoms with Crippen molar-refractivity contribution in [2.24, 2.45) is 5.73 Å². The van der Waals surface area contributed by atoms with Crippen LogP contribution >= 0.6 is 0 Å². The van der Waals surface area contributed by atoms with Crippen LogP contribution in [0.15, 0.2) is 12.1 Å².